The minimum Gasteiger partial charge on any atom is -0.478 e. The summed E-state index contributed by atoms with van der Waals surface area (Å²) in [4.78, 5) is 16.4. The molecule has 7 rings (SSSR count). The molecule has 3 fully saturated rings. The van der Waals surface area contributed by atoms with Crippen LogP contribution in [0.3, 0.4) is 0 Å². The number of halogens is 3. The van der Waals surface area contributed by atoms with Gasteiger partial charge in [-0.3, -0.25) is 4.90 Å². The number of H-pyrrole nitrogens is 1. The van der Waals surface area contributed by atoms with E-state index in [4.69, 9.17) is 5.11 Å². The molecule has 7 heteroatoms. The van der Waals surface area contributed by atoms with E-state index in [9.17, 15) is 9.18 Å². The molecule has 1 aromatic heterocycles. The fraction of sp³-hybridized carbons (Fsp3) is 0.370. The van der Waals surface area contributed by atoms with E-state index in [0.29, 0.717) is 25.8 Å². The molecular weight excluding hydrogens is 441 g/mol. The van der Waals surface area contributed by atoms with Gasteiger partial charge in [0.2, 0.25) is 0 Å². The van der Waals surface area contributed by atoms with E-state index in [1.54, 1.807) is 0 Å². The Morgan fingerprint density at radius 3 is 2.53 bits per heavy atom. The number of aromatic amines is 1. The normalized spacial score (nSPS) is 30.2. The second kappa shape index (κ2) is 7.22. The number of aliphatic carboxylic acids is 1. The summed E-state index contributed by atoms with van der Waals surface area (Å²) in [5.74, 6) is -2.64. The number of rotatable bonds is 5. The Morgan fingerprint density at radius 1 is 1.21 bits per heavy atom. The van der Waals surface area contributed by atoms with Crippen molar-refractivity contribution in [2.24, 2.45) is 5.41 Å². The molecule has 4 aliphatic rings. The largest absolute Gasteiger partial charge is 0.478 e. The predicted octanol–water partition coefficient (Wildman–Crippen LogP) is 5.77. The lowest BCUT2D eigenvalue weighted by Crippen LogP contribution is -2.68. The van der Waals surface area contributed by atoms with Crippen molar-refractivity contribution in [3.63, 3.8) is 0 Å². The van der Waals surface area contributed by atoms with Crippen molar-refractivity contribution in [3.05, 3.63) is 76.5 Å². The number of carboxylic acids is 1. The molecule has 176 valence electrons. The molecule has 2 N–H and O–H groups in total. The number of nitrogens with one attached hydrogen (secondary N) is 1. The van der Waals surface area contributed by atoms with Crippen molar-refractivity contribution in [2.75, 3.05) is 6.54 Å². The summed E-state index contributed by atoms with van der Waals surface area (Å²) >= 11 is 0. The zero-order valence-corrected chi connectivity index (χ0v) is 18.7. The smallest absolute Gasteiger partial charge is 0.328 e. The van der Waals surface area contributed by atoms with Crippen LogP contribution in [-0.2, 0) is 11.2 Å². The summed E-state index contributed by atoms with van der Waals surface area (Å²) in [5, 5.41) is 9.91. The van der Waals surface area contributed by atoms with E-state index in [0.717, 1.165) is 34.7 Å². The predicted molar refractivity (Wildman–Crippen MR) is 123 cm³/mol. The zero-order valence-electron chi connectivity index (χ0n) is 18.7. The Labute approximate surface area is 195 Å². The average molecular weight is 467 g/mol. The van der Waals surface area contributed by atoms with Crippen LogP contribution in [0.5, 0.6) is 0 Å². The van der Waals surface area contributed by atoms with E-state index in [1.807, 2.05) is 24.3 Å². The molecule has 1 aliphatic heterocycles. The maximum Gasteiger partial charge on any atom is 0.328 e. The summed E-state index contributed by atoms with van der Waals surface area (Å²) in [6, 6.07) is 9.53. The van der Waals surface area contributed by atoms with Gasteiger partial charge in [-0.25, -0.2) is 18.0 Å². The first-order chi connectivity index (χ1) is 16.2. The van der Waals surface area contributed by atoms with Crippen molar-refractivity contribution < 1.29 is 23.1 Å². The monoisotopic (exact) mass is 466 g/mol. The number of benzene rings is 2. The second-order valence-electron chi connectivity index (χ2n) is 10.4. The molecule has 2 heterocycles. The van der Waals surface area contributed by atoms with E-state index in [1.165, 1.54) is 18.2 Å². The highest BCUT2D eigenvalue weighted by molar-refractivity contribution is 5.86. The third-order valence-corrected chi connectivity index (χ3v) is 7.90. The van der Waals surface area contributed by atoms with Gasteiger partial charge in [0.1, 0.15) is 17.3 Å². The molecule has 2 aromatic carbocycles. The Hall–Kier alpha value is -3.06. The van der Waals surface area contributed by atoms with Crippen LogP contribution in [0, 0.1) is 17.0 Å². The molecule has 34 heavy (non-hydrogen) atoms. The van der Waals surface area contributed by atoms with Crippen LogP contribution in [0.2, 0.25) is 0 Å². The van der Waals surface area contributed by atoms with Crippen LogP contribution in [0.15, 0.2) is 42.5 Å². The van der Waals surface area contributed by atoms with Crippen molar-refractivity contribution in [2.45, 2.75) is 50.4 Å². The van der Waals surface area contributed by atoms with E-state index < -0.39 is 29.3 Å². The van der Waals surface area contributed by atoms with Gasteiger partial charge in [-0.15, -0.1) is 0 Å². The molecule has 3 saturated carbocycles. The summed E-state index contributed by atoms with van der Waals surface area (Å²) in [5.41, 5.74) is 1.66. The lowest BCUT2D eigenvalue weighted by Gasteiger charge is -2.67. The molecule has 2 unspecified atom stereocenters. The Bertz CT molecular complexity index is 1320. The van der Waals surface area contributed by atoms with Crippen LogP contribution in [0.25, 0.3) is 17.0 Å². The Balaban J connectivity index is 1.48. The molecule has 2 bridgehead atoms. The van der Waals surface area contributed by atoms with Crippen LogP contribution >= 0.6 is 0 Å². The number of fused-ring (bicyclic) bond motifs is 3. The fourth-order valence-corrected chi connectivity index (χ4v) is 6.61. The first kappa shape index (κ1) is 21.5. The highest BCUT2D eigenvalue weighted by Gasteiger charge is 2.69. The minimum absolute atomic E-state index is 0.00618. The third-order valence-electron chi connectivity index (χ3n) is 7.90. The van der Waals surface area contributed by atoms with Crippen LogP contribution in [0.1, 0.15) is 54.6 Å². The SMILES string of the molecule is CC1Cc2c([nH]c3ccccc23)C(c2c(F)cc(/C=C/C(=O)O)cc2F)N1CC12CC(F)(C1)C2. The molecule has 0 spiro atoms. The number of hydrogen-bond donors (Lipinski definition) is 2. The number of carboxylic acid groups (broad SMARTS) is 1. The van der Waals surface area contributed by atoms with E-state index in [2.05, 4.69) is 16.8 Å². The van der Waals surface area contributed by atoms with E-state index in [-0.39, 0.29) is 22.6 Å². The van der Waals surface area contributed by atoms with Crippen LogP contribution < -0.4 is 0 Å². The van der Waals surface area contributed by atoms with Crippen molar-refractivity contribution in [1.82, 2.24) is 9.88 Å². The molecule has 0 saturated heterocycles. The number of hydrogen-bond acceptors (Lipinski definition) is 2. The average Bonchev–Trinajstić information content (AvgIpc) is 3.09. The van der Waals surface area contributed by atoms with E-state index >= 15 is 8.78 Å². The van der Waals surface area contributed by atoms with Crippen molar-refractivity contribution >= 4 is 22.9 Å². The minimum atomic E-state index is -1.19. The fourth-order valence-electron chi connectivity index (χ4n) is 6.61. The van der Waals surface area contributed by atoms with Crippen molar-refractivity contribution in [1.29, 1.82) is 0 Å². The summed E-state index contributed by atoms with van der Waals surface area (Å²) in [7, 11) is 0. The Kier molecular flexibility index (Phi) is 4.56. The molecule has 3 aromatic rings. The van der Waals surface area contributed by atoms with Crippen molar-refractivity contribution in [3.8, 4) is 0 Å². The maximum atomic E-state index is 15.5. The summed E-state index contributed by atoms with van der Waals surface area (Å²) in [6.07, 6.45) is 4.30. The number of carbonyl (C=O) groups is 1. The maximum absolute atomic E-state index is 15.5. The standard InChI is InChI=1S/C27H25F3N2O2/c1-15-8-18-17-4-2-3-5-21(17)31-24(18)25(32(15)14-26-11-27(30,12-26)13-26)23-19(28)9-16(10-20(23)29)6-7-22(33)34/h2-7,9-10,15,25,31H,8,11-14H2,1H3,(H,33,34)/b7-6+. The quantitative estimate of drug-likeness (QED) is 0.469. The van der Waals surface area contributed by atoms with Gasteiger partial charge >= 0.3 is 5.97 Å². The number of para-hydroxylation sites is 1. The number of nitrogens with zero attached hydrogens (tertiary/aromatic N) is 1. The van der Waals surface area contributed by atoms with Gasteiger partial charge in [0.05, 0.1) is 6.04 Å². The number of aromatic nitrogens is 1. The van der Waals surface area contributed by atoms with Gasteiger partial charge in [0.25, 0.3) is 0 Å². The van der Waals surface area contributed by atoms with Gasteiger partial charge in [-0.1, -0.05) is 18.2 Å². The molecule has 2 atom stereocenters. The van der Waals surface area contributed by atoms with Gasteiger partial charge < -0.3 is 10.1 Å². The summed E-state index contributed by atoms with van der Waals surface area (Å²) < 4.78 is 45.4. The Morgan fingerprint density at radius 2 is 1.88 bits per heavy atom. The molecule has 4 nitrogen and oxygen atoms in total. The third kappa shape index (κ3) is 3.21. The zero-order chi connectivity index (χ0) is 23.8. The first-order valence-corrected chi connectivity index (χ1v) is 11.6. The topological polar surface area (TPSA) is 56.3 Å². The molecular formula is C27H25F3N2O2. The lowest BCUT2D eigenvalue weighted by atomic mass is 9.42. The highest BCUT2D eigenvalue weighted by atomic mass is 19.1. The van der Waals surface area contributed by atoms with Crippen LogP contribution in [-0.4, -0.2) is 39.2 Å². The first-order valence-electron chi connectivity index (χ1n) is 11.6. The van der Waals surface area contributed by atoms with Gasteiger partial charge in [-0.05, 0) is 73.4 Å². The lowest BCUT2D eigenvalue weighted by molar-refractivity contribution is -0.226. The van der Waals surface area contributed by atoms with Gasteiger partial charge in [0.15, 0.2) is 0 Å². The molecule has 0 radical (unpaired) electrons. The number of alkyl halides is 1. The second-order valence-corrected chi connectivity index (χ2v) is 10.4. The van der Waals surface area contributed by atoms with Crippen LogP contribution in [0.4, 0.5) is 13.2 Å². The highest BCUT2D eigenvalue weighted by Crippen LogP contribution is 2.70. The summed E-state index contributed by atoms with van der Waals surface area (Å²) in [6.45, 7) is 2.65. The van der Waals surface area contributed by atoms with Gasteiger partial charge in [0, 0.05) is 40.8 Å². The van der Waals surface area contributed by atoms with Gasteiger partial charge in [-0.2, -0.15) is 0 Å². The molecule has 0 amide bonds. The molecule has 3 aliphatic carbocycles.